The van der Waals surface area contributed by atoms with Crippen molar-refractivity contribution >= 4 is 163 Å². The second-order valence-electron chi connectivity index (χ2n) is 14.4. The van der Waals surface area contributed by atoms with Gasteiger partial charge in [-0.15, -0.1) is 25.6 Å². The third-order valence-electron chi connectivity index (χ3n) is 10.1. The molecule has 0 heterocycles. The third kappa shape index (κ3) is 10.4. The minimum atomic E-state index is -5.01. The van der Waals surface area contributed by atoms with Gasteiger partial charge in [-0.3, -0.25) is 22.8 Å². The van der Waals surface area contributed by atoms with E-state index in [1.807, 2.05) is 0 Å². The molecule has 0 aromatic heterocycles. The Morgan fingerprint density at radius 1 is 0.391 bits per heavy atom. The summed E-state index contributed by atoms with van der Waals surface area (Å²) in [5, 5.41) is 35.6. The number of rotatable bonds is 11. The fourth-order valence-corrected chi connectivity index (χ4v) is 10.0. The molecule has 0 fully saturated rings. The van der Waals surface area contributed by atoms with E-state index >= 15 is 0 Å². The number of nitrogens with two attached hydrogens (primary N) is 1. The van der Waals surface area contributed by atoms with Gasteiger partial charge < -0.3 is 10.8 Å². The van der Waals surface area contributed by atoms with Crippen molar-refractivity contribution in [2.24, 2.45) is 30.7 Å². The Morgan fingerprint density at radius 2 is 0.870 bits per heavy atom. The van der Waals surface area contributed by atoms with E-state index in [-0.39, 0.29) is 112 Å². The van der Waals surface area contributed by atoms with Crippen LogP contribution in [0.4, 0.5) is 39.8 Å². The van der Waals surface area contributed by atoms with Crippen molar-refractivity contribution in [3.05, 3.63) is 115 Å². The van der Waals surface area contributed by atoms with Crippen LogP contribution in [0, 0.1) is 0 Å². The van der Waals surface area contributed by atoms with Crippen LogP contribution in [0.15, 0.2) is 170 Å². The van der Waals surface area contributed by atoms with Crippen LogP contribution in [-0.2, 0) is 50.6 Å². The number of fused-ring (bicyclic) bond motifs is 4. The fraction of sp³-hybridized carbons (Fsp3) is 0. The van der Waals surface area contributed by atoms with Crippen molar-refractivity contribution in [2.45, 2.75) is 24.5 Å². The van der Waals surface area contributed by atoms with Gasteiger partial charge >= 0.3 is 0 Å². The summed E-state index contributed by atoms with van der Waals surface area (Å²) in [5.74, 6) is -0.613. The molecule has 8 N–H and O–H groups in total. The molecule has 0 saturated heterocycles. The summed E-state index contributed by atoms with van der Waals surface area (Å²) in [6, 6.07) is 21.8. The monoisotopic (exact) mass is 1040 g/mol. The Labute approximate surface area is 411 Å². The molecule has 69 heavy (non-hydrogen) atoms. The zero-order valence-corrected chi connectivity index (χ0v) is 40.6. The maximum Gasteiger partial charge on any atom is 0.295 e. The Morgan fingerprint density at radius 3 is 1.36 bits per heavy atom. The predicted octanol–water partition coefficient (Wildman–Crippen LogP) is 8.69. The molecule has 8 aromatic rings. The summed E-state index contributed by atoms with van der Waals surface area (Å²) in [7, 11) is -24.3. The van der Waals surface area contributed by atoms with E-state index in [2.05, 4.69) is 30.7 Å². The van der Waals surface area contributed by atoms with Crippen LogP contribution < -0.4 is 5.73 Å². The number of nitrogens with zero attached hydrogens (tertiary/aromatic N) is 6. The Bertz CT molecular complexity index is 4210. The SMILES string of the molecule is Nc1ccc2cc(S(=O)(=O)O)cc(O)c2c1N=Nc1ccc(N=Nc2ccc(N=Nc3cc(S(=O)(=O)O)c4cccc(S(=O)(=O)O)c4c3)c3ccc(S(=O)(=O)O)cc23)c2cc(S(=O)(=O)O)ccc12.[Na]. The molecule has 349 valence electrons. The van der Waals surface area contributed by atoms with E-state index in [9.17, 15) is 70.0 Å². The van der Waals surface area contributed by atoms with Crippen LogP contribution >= 0.6 is 0 Å². The molecule has 8 rings (SSSR count). The second-order valence-corrected chi connectivity index (χ2v) is 21.5. The van der Waals surface area contributed by atoms with Crippen LogP contribution in [0.1, 0.15) is 0 Å². The van der Waals surface area contributed by atoms with E-state index < -0.39 is 80.8 Å². The Kier molecular flexibility index (Phi) is 13.4. The molecule has 23 nitrogen and oxygen atoms in total. The Balaban J connectivity index is 0.00000703. The number of aromatic hydroxyl groups is 1. The minimum Gasteiger partial charge on any atom is -0.507 e. The smallest absolute Gasteiger partial charge is 0.295 e. The number of azo groups is 3. The Hall–Kier alpha value is -6.25. The molecule has 0 spiro atoms. The molecule has 0 aliphatic carbocycles. The largest absolute Gasteiger partial charge is 0.507 e. The molecular weight excluding hydrogens is 1020 g/mol. The number of anilines is 1. The molecule has 0 atom stereocenters. The number of benzene rings is 8. The summed E-state index contributed by atoms with van der Waals surface area (Å²) in [5.41, 5.74) is 5.60. The topological polar surface area (TPSA) is 392 Å². The molecule has 29 heteroatoms. The van der Waals surface area contributed by atoms with Gasteiger partial charge in [-0.2, -0.15) is 47.2 Å². The van der Waals surface area contributed by atoms with Gasteiger partial charge in [0.25, 0.3) is 50.6 Å². The number of phenols is 1. The summed E-state index contributed by atoms with van der Waals surface area (Å²) < 4.78 is 171. The van der Waals surface area contributed by atoms with E-state index in [4.69, 9.17) is 5.73 Å². The minimum absolute atomic E-state index is 0. The quantitative estimate of drug-likeness (QED) is 0.0275. The first-order chi connectivity index (χ1) is 31.7. The van der Waals surface area contributed by atoms with Gasteiger partial charge in [-0.1, -0.05) is 30.3 Å². The summed E-state index contributed by atoms with van der Waals surface area (Å²) in [6.45, 7) is 0. The summed E-state index contributed by atoms with van der Waals surface area (Å²) in [4.78, 5) is -3.25. The van der Waals surface area contributed by atoms with Gasteiger partial charge in [0.2, 0.25) is 0 Å². The first-order valence-corrected chi connectivity index (χ1v) is 25.8. The van der Waals surface area contributed by atoms with Crippen LogP contribution in [-0.4, -0.2) is 99.5 Å². The number of nitrogen functional groups attached to an aromatic ring is 1. The molecule has 0 amide bonds. The van der Waals surface area contributed by atoms with Crippen molar-refractivity contribution in [1.29, 1.82) is 0 Å². The molecule has 0 aliphatic rings. The number of phenolic OH excluding ortho intramolecular Hbond substituents is 1. The van der Waals surface area contributed by atoms with E-state index in [1.165, 1.54) is 54.6 Å². The third-order valence-corrected chi connectivity index (χ3v) is 14.4. The maximum absolute atomic E-state index is 12.4. The first-order valence-electron chi connectivity index (χ1n) is 18.6. The van der Waals surface area contributed by atoms with Gasteiger partial charge in [0.1, 0.15) is 21.2 Å². The van der Waals surface area contributed by atoms with Gasteiger partial charge in [-0.25, -0.2) is 0 Å². The summed E-state index contributed by atoms with van der Waals surface area (Å²) >= 11 is 0. The molecule has 1 radical (unpaired) electrons. The second kappa shape index (κ2) is 18.2. The maximum atomic E-state index is 12.4. The summed E-state index contributed by atoms with van der Waals surface area (Å²) in [6.07, 6.45) is 0. The van der Waals surface area contributed by atoms with Crippen molar-refractivity contribution in [1.82, 2.24) is 0 Å². The molecule has 0 saturated carbocycles. The van der Waals surface area contributed by atoms with E-state index in [0.717, 1.165) is 60.7 Å². The zero-order valence-electron chi connectivity index (χ0n) is 34.5. The average molecular weight is 1050 g/mol. The average Bonchev–Trinajstić information content (AvgIpc) is 3.25. The van der Waals surface area contributed by atoms with Crippen LogP contribution in [0.3, 0.4) is 0 Å². The van der Waals surface area contributed by atoms with Gasteiger partial charge in [0.05, 0.1) is 54.2 Å². The molecule has 8 aromatic carbocycles. The molecule has 0 bridgehead atoms. The normalized spacial score (nSPS) is 13.1. The first kappa shape index (κ1) is 50.6. The van der Waals surface area contributed by atoms with Crippen molar-refractivity contribution < 1.29 is 70.0 Å². The van der Waals surface area contributed by atoms with Crippen LogP contribution in [0.2, 0.25) is 0 Å². The molecule has 0 aliphatic heterocycles. The van der Waals surface area contributed by atoms with Crippen molar-refractivity contribution in [2.75, 3.05) is 5.73 Å². The van der Waals surface area contributed by atoms with Crippen molar-refractivity contribution in [3.63, 3.8) is 0 Å². The predicted molar refractivity (Wildman–Crippen MR) is 249 cm³/mol. The zero-order chi connectivity index (χ0) is 49.3. The van der Waals surface area contributed by atoms with E-state index in [1.54, 1.807) is 0 Å². The van der Waals surface area contributed by atoms with Gasteiger partial charge in [0.15, 0.2) is 0 Å². The van der Waals surface area contributed by atoms with Crippen molar-refractivity contribution in [3.8, 4) is 5.75 Å². The standard InChI is InChI=1S/C40H27N7O16S5.Na/c41-31-9-4-20-14-24(66(55,56)57)19-36(48)39(20)40(31)47-46-33-11-13-35(29-18-23(65(52,53)54)6-8-26(29)33)45-44-34-12-10-32(25-7-5-22(17-28(25)34)64(49,50)51)43-42-21-15-30-27(38(16-21)68(61,62)63)2-1-3-37(30)67(58,59)60;/h1-19,48H,41H2,(H,49,50,51)(H,52,53,54)(H,55,56,57)(H,58,59,60)(H,61,62,63);. The van der Waals surface area contributed by atoms with Gasteiger partial charge in [-0.05, 0) is 84.2 Å². The number of hydrogen-bond acceptors (Lipinski definition) is 18. The van der Waals surface area contributed by atoms with Gasteiger partial charge in [0, 0.05) is 67.9 Å². The fourth-order valence-electron chi connectivity index (χ4n) is 7.06. The van der Waals surface area contributed by atoms with Crippen LogP contribution in [0.25, 0.3) is 43.1 Å². The molecule has 0 unspecified atom stereocenters. The number of hydrogen-bond donors (Lipinski definition) is 7. The van der Waals surface area contributed by atoms with Crippen LogP contribution in [0.5, 0.6) is 5.75 Å². The molecular formula is C40H27N7NaO16S5. The van der Waals surface area contributed by atoms with E-state index in [0.29, 0.717) is 0 Å².